The summed E-state index contributed by atoms with van der Waals surface area (Å²) in [4.78, 5) is 0.298. The van der Waals surface area contributed by atoms with Gasteiger partial charge in [0.15, 0.2) is 0 Å². The number of benzene rings is 2. The van der Waals surface area contributed by atoms with Crippen molar-refractivity contribution >= 4 is 21.6 Å². The predicted octanol–water partition coefficient (Wildman–Crippen LogP) is 4.76. The number of sulfonamides is 1. The molecule has 0 fully saturated rings. The second-order valence-electron chi connectivity index (χ2n) is 5.92. The molecule has 1 atom stereocenters. The van der Waals surface area contributed by atoms with Gasteiger partial charge in [0.25, 0.3) is 0 Å². The first-order valence-corrected chi connectivity index (χ1v) is 10.1. The monoisotopic (exact) mass is 365 g/mol. The molecular formula is C19H24ClNO2S. The maximum atomic E-state index is 13.0. The molecule has 5 heteroatoms. The van der Waals surface area contributed by atoms with Crippen molar-refractivity contribution in [1.82, 2.24) is 4.31 Å². The molecule has 130 valence electrons. The molecule has 0 saturated heterocycles. The first kappa shape index (κ1) is 19.0. The van der Waals surface area contributed by atoms with Crippen molar-refractivity contribution in [2.24, 2.45) is 0 Å². The fourth-order valence-electron chi connectivity index (χ4n) is 2.61. The molecule has 0 bridgehead atoms. The van der Waals surface area contributed by atoms with E-state index in [1.54, 1.807) is 28.6 Å². The van der Waals surface area contributed by atoms with Crippen LogP contribution in [0.25, 0.3) is 0 Å². The van der Waals surface area contributed by atoms with Gasteiger partial charge in [-0.25, -0.2) is 8.42 Å². The molecule has 0 saturated carbocycles. The lowest BCUT2D eigenvalue weighted by molar-refractivity contribution is 0.325. The Hall–Kier alpha value is -1.36. The Bertz CT molecular complexity index is 730. The van der Waals surface area contributed by atoms with Gasteiger partial charge in [-0.3, -0.25) is 0 Å². The minimum absolute atomic E-state index is 0.0403. The average Bonchev–Trinajstić information content (AvgIpc) is 2.59. The Labute approximate surface area is 150 Å². The van der Waals surface area contributed by atoms with E-state index in [0.717, 1.165) is 19.3 Å². The zero-order valence-corrected chi connectivity index (χ0v) is 15.7. The van der Waals surface area contributed by atoms with Gasteiger partial charge in [-0.2, -0.15) is 4.31 Å². The van der Waals surface area contributed by atoms with Gasteiger partial charge in [0.2, 0.25) is 10.0 Å². The van der Waals surface area contributed by atoms with Crippen molar-refractivity contribution in [2.45, 2.75) is 44.0 Å². The Morgan fingerprint density at radius 1 is 1.04 bits per heavy atom. The summed E-state index contributed by atoms with van der Waals surface area (Å²) in [7, 11) is -3.51. The summed E-state index contributed by atoms with van der Waals surface area (Å²) in [6, 6.07) is 16.5. The highest BCUT2D eigenvalue weighted by Crippen LogP contribution is 2.22. The van der Waals surface area contributed by atoms with Crippen LogP contribution in [-0.2, 0) is 16.4 Å². The minimum Gasteiger partial charge on any atom is -0.207 e. The van der Waals surface area contributed by atoms with Crippen LogP contribution in [0.2, 0.25) is 5.02 Å². The quantitative estimate of drug-likeness (QED) is 0.676. The minimum atomic E-state index is -3.51. The first-order valence-electron chi connectivity index (χ1n) is 8.26. The first-order chi connectivity index (χ1) is 11.4. The molecule has 24 heavy (non-hydrogen) atoms. The van der Waals surface area contributed by atoms with E-state index >= 15 is 0 Å². The summed E-state index contributed by atoms with van der Waals surface area (Å²) in [5.41, 5.74) is 1.23. The number of rotatable bonds is 8. The van der Waals surface area contributed by atoms with E-state index in [0.29, 0.717) is 16.5 Å². The number of nitrogens with zero attached hydrogens (tertiary/aromatic N) is 1. The number of hydrogen-bond acceptors (Lipinski definition) is 2. The second-order valence-corrected chi connectivity index (χ2v) is 8.24. The lowest BCUT2D eigenvalue weighted by Gasteiger charge is -2.27. The third kappa shape index (κ3) is 4.82. The Morgan fingerprint density at radius 2 is 1.67 bits per heavy atom. The van der Waals surface area contributed by atoms with Crippen LogP contribution in [0.1, 0.15) is 32.3 Å². The molecule has 0 heterocycles. The van der Waals surface area contributed by atoms with E-state index in [1.807, 2.05) is 32.0 Å². The highest BCUT2D eigenvalue weighted by atomic mass is 35.5. The maximum absolute atomic E-state index is 13.0. The third-order valence-corrected chi connectivity index (χ3v) is 6.47. The zero-order chi connectivity index (χ0) is 17.6. The van der Waals surface area contributed by atoms with Crippen LogP contribution in [-0.4, -0.2) is 25.3 Å². The predicted molar refractivity (Wildman–Crippen MR) is 99.9 cm³/mol. The third-order valence-electron chi connectivity index (χ3n) is 4.19. The van der Waals surface area contributed by atoms with Gasteiger partial charge >= 0.3 is 0 Å². The van der Waals surface area contributed by atoms with Crippen molar-refractivity contribution in [3.8, 4) is 0 Å². The van der Waals surface area contributed by atoms with Crippen molar-refractivity contribution in [3.63, 3.8) is 0 Å². The zero-order valence-electron chi connectivity index (χ0n) is 14.2. The van der Waals surface area contributed by atoms with Crippen LogP contribution >= 0.6 is 11.6 Å². The van der Waals surface area contributed by atoms with Crippen LogP contribution in [0.4, 0.5) is 0 Å². The second kappa shape index (κ2) is 8.65. The Balaban J connectivity index is 2.13. The molecule has 2 aromatic carbocycles. The summed E-state index contributed by atoms with van der Waals surface area (Å²) in [5, 5.41) is 0.535. The Kier molecular flexibility index (Phi) is 6.84. The van der Waals surface area contributed by atoms with Crippen molar-refractivity contribution in [1.29, 1.82) is 0 Å². The molecule has 0 radical (unpaired) electrons. The van der Waals surface area contributed by atoms with Crippen molar-refractivity contribution in [3.05, 3.63) is 65.2 Å². The standard InChI is InChI=1S/C19H24ClNO2S/c1-3-16(2)21(15-7-10-17-8-5-4-6-9-17)24(22,23)19-13-11-18(20)12-14-19/h4-6,8-9,11-14,16H,3,7,10,15H2,1-2H3/t16-/m0/s1. The molecule has 0 N–H and O–H groups in total. The molecule has 0 unspecified atom stereocenters. The molecular weight excluding hydrogens is 342 g/mol. The highest BCUT2D eigenvalue weighted by Gasteiger charge is 2.27. The fraction of sp³-hybridized carbons (Fsp3) is 0.368. The van der Waals surface area contributed by atoms with Crippen LogP contribution in [0.15, 0.2) is 59.5 Å². The molecule has 0 amide bonds. The fourth-order valence-corrected chi connectivity index (χ4v) is 4.48. The van der Waals surface area contributed by atoms with Gasteiger partial charge in [-0.1, -0.05) is 48.9 Å². The van der Waals surface area contributed by atoms with Crippen molar-refractivity contribution < 1.29 is 8.42 Å². The smallest absolute Gasteiger partial charge is 0.207 e. The van der Waals surface area contributed by atoms with Gasteiger partial charge < -0.3 is 0 Å². The van der Waals surface area contributed by atoms with Gasteiger partial charge in [0.1, 0.15) is 0 Å². The van der Waals surface area contributed by atoms with E-state index < -0.39 is 10.0 Å². The summed E-state index contributed by atoms with van der Waals surface area (Å²) < 4.78 is 27.5. The normalized spacial score (nSPS) is 13.2. The largest absolute Gasteiger partial charge is 0.243 e. The number of halogens is 1. The molecule has 0 aliphatic heterocycles. The SMILES string of the molecule is CC[C@H](C)N(CCCc1ccccc1)S(=O)(=O)c1ccc(Cl)cc1. The van der Waals surface area contributed by atoms with E-state index in [1.165, 1.54) is 5.56 Å². The molecule has 0 aliphatic rings. The van der Waals surface area contributed by atoms with Crippen LogP contribution in [0, 0.1) is 0 Å². The maximum Gasteiger partial charge on any atom is 0.243 e. The summed E-state index contributed by atoms with van der Waals surface area (Å²) in [6.45, 7) is 4.47. The summed E-state index contributed by atoms with van der Waals surface area (Å²) in [6.07, 6.45) is 2.43. The molecule has 2 aromatic rings. The summed E-state index contributed by atoms with van der Waals surface area (Å²) >= 11 is 5.87. The van der Waals surface area contributed by atoms with Gasteiger partial charge in [-0.15, -0.1) is 0 Å². The lowest BCUT2D eigenvalue weighted by atomic mass is 10.1. The average molecular weight is 366 g/mol. The van der Waals surface area contributed by atoms with Gasteiger partial charge in [0, 0.05) is 17.6 Å². The van der Waals surface area contributed by atoms with E-state index in [4.69, 9.17) is 11.6 Å². The highest BCUT2D eigenvalue weighted by molar-refractivity contribution is 7.89. The lowest BCUT2D eigenvalue weighted by Crippen LogP contribution is -2.39. The van der Waals surface area contributed by atoms with Crippen LogP contribution in [0.5, 0.6) is 0 Å². The van der Waals surface area contributed by atoms with Crippen molar-refractivity contribution in [2.75, 3.05) is 6.54 Å². The molecule has 0 spiro atoms. The van der Waals surface area contributed by atoms with Gasteiger partial charge in [0.05, 0.1) is 4.90 Å². The summed E-state index contributed by atoms with van der Waals surface area (Å²) in [5.74, 6) is 0. The van der Waals surface area contributed by atoms with Crippen LogP contribution in [0.3, 0.4) is 0 Å². The topological polar surface area (TPSA) is 37.4 Å². The molecule has 0 aromatic heterocycles. The molecule has 2 rings (SSSR count). The van der Waals surface area contributed by atoms with E-state index in [9.17, 15) is 8.42 Å². The van der Waals surface area contributed by atoms with Crippen LogP contribution < -0.4 is 0 Å². The number of aryl methyl sites for hydroxylation is 1. The number of hydrogen-bond donors (Lipinski definition) is 0. The van der Waals surface area contributed by atoms with Gasteiger partial charge in [-0.05, 0) is 56.0 Å². The van der Waals surface area contributed by atoms with E-state index in [2.05, 4.69) is 12.1 Å². The van der Waals surface area contributed by atoms with E-state index in [-0.39, 0.29) is 6.04 Å². The Morgan fingerprint density at radius 3 is 2.25 bits per heavy atom. The molecule has 3 nitrogen and oxygen atoms in total. The molecule has 0 aliphatic carbocycles.